The van der Waals surface area contributed by atoms with Crippen molar-refractivity contribution in [2.75, 3.05) is 0 Å². The summed E-state index contributed by atoms with van der Waals surface area (Å²) >= 11 is 1.46. The number of thiophene rings is 1. The largest absolute Gasteiger partial charge is 0.478 e. The second kappa shape index (κ2) is 5.97. The van der Waals surface area contributed by atoms with E-state index in [-0.39, 0.29) is 22.1 Å². The van der Waals surface area contributed by atoms with E-state index in [0.29, 0.717) is 0 Å². The molecule has 2 N–H and O–H groups in total. The molecule has 0 saturated carbocycles. The fourth-order valence-electron chi connectivity index (χ4n) is 2.03. The number of benzene rings is 1. The number of sulfonamides is 1. The SMILES string of the molecule is Cc1c(C(=O)O)cccc1S(=O)(=O)N[C@H](C)c1cccs1. The summed E-state index contributed by atoms with van der Waals surface area (Å²) in [5, 5.41) is 10.9. The van der Waals surface area contributed by atoms with Gasteiger partial charge in [0.2, 0.25) is 10.0 Å². The second-order valence-electron chi connectivity index (χ2n) is 4.59. The van der Waals surface area contributed by atoms with Gasteiger partial charge in [-0.2, -0.15) is 0 Å². The molecule has 2 rings (SSSR count). The maximum Gasteiger partial charge on any atom is 0.335 e. The van der Waals surface area contributed by atoms with Crippen LogP contribution < -0.4 is 4.72 Å². The van der Waals surface area contributed by atoms with Crippen molar-refractivity contribution in [2.24, 2.45) is 0 Å². The molecule has 1 aromatic carbocycles. The van der Waals surface area contributed by atoms with Crippen LogP contribution in [-0.4, -0.2) is 19.5 Å². The van der Waals surface area contributed by atoms with E-state index in [1.165, 1.54) is 36.5 Å². The highest BCUT2D eigenvalue weighted by Crippen LogP contribution is 2.23. The fourth-order valence-corrected chi connectivity index (χ4v) is 4.33. The van der Waals surface area contributed by atoms with Crippen LogP contribution in [-0.2, 0) is 10.0 Å². The molecule has 21 heavy (non-hydrogen) atoms. The molecule has 0 unspecified atom stereocenters. The van der Waals surface area contributed by atoms with E-state index in [9.17, 15) is 13.2 Å². The van der Waals surface area contributed by atoms with Crippen LogP contribution >= 0.6 is 11.3 Å². The van der Waals surface area contributed by atoms with Crippen molar-refractivity contribution in [3.05, 3.63) is 51.7 Å². The number of nitrogens with one attached hydrogen (secondary N) is 1. The summed E-state index contributed by atoms with van der Waals surface area (Å²) in [4.78, 5) is 12.0. The summed E-state index contributed by atoms with van der Waals surface area (Å²) in [7, 11) is -3.78. The van der Waals surface area contributed by atoms with Crippen LogP contribution in [0, 0.1) is 6.92 Å². The molecule has 0 radical (unpaired) electrons. The predicted octanol–water partition coefficient (Wildman–Crippen LogP) is 2.79. The molecule has 0 bridgehead atoms. The predicted molar refractivity (Wildman–Crippen MR) is 81.2 cm³/mol. The molecular formula is C14H15NO4S2. The summed E-state index contributed by atoms with van der Waals surface area (Å²) in [6, 6.07) is 7.55. The van der Waals surface area contributed by atoms with Crippen molar-refractivity contribution in [3.8, 4) is 0 Å². The maximum absolute atomic E-state index is 12.4. The molecule has 0 aliphatic carbocycles. The van der Waals surface area contributed by atoms with Crippen molar-refractivity contribution < 1.29 is 18.3 Å². The van der Waals surface area contributed by atoms with Gasteiger partial charge < -0.3 is 5.11 Å². The van der Waals surface area contributed by atoms with E-state index < -0.39 is 16.0 Å². The Balaban J connectivity index is 2.36. The first-order valence-electron chi connectivity index (χ1n) is 6.21. The van der Waals surface area contributed by atoms with Crippen LogP contribution in [0.2, 0.25) is 0 Å². The molecule has 1 heterocycles. The average Bonchev–Trinajstić information content (AvgIpc) is 2.91. The van der Waals surface area contributed by atoms with Gasteiger partial charge in [0.05, 0.1) is 16.5 Å². The number of hydrogen-bond acceptors (Lipinski definition) is 4. The highest BCUT2D eigenvalue weighted by atomic mass is 32.2. The van der Waals surface area contributed by atoms with Crippen LogP contribution in [0.4, 0.5) is 0 Å². The van der Waals surface area contributed by atoms with Crippen molar-refractivity contribution in [3.63, 3.8) is 0 Å². The van der Waals surface area contributed by atoms with E-state index in [1.54, 1.807) is 6.92 Å². The third-order valence-corrected chi connectivity index (χ3v) is 5.85. The Bertz CT molecular complexity index is 751. The lowest BCUT2D eigenvalue weighted by atomic mass is 10.1. The summed E-state index contributed by atoms with van der Waals surface area (Å²) in [5.41, 5.74) is 0.220. The number of rotatable bonds is 5. The molecule has 1 aromatic heterocycles. The van der Waals surface area contributed by atoms with Gasteiger partial charge in [-0.1, -0.05) is 12.1 Å². The first-order valence-corrected chi connectivity index (χ1v) is 8.58. The van der Waals surface area contributed by atoms with Crippen LogP contribution in [0.25, 0.3) is 0 Å². The lowest BCUT2D eigenvalue weighted by molar-refractivity contribution is 0.0696. The third kappa shape index (κ3) is 3.31. The molecule has 5 nitrogen and oxygen atoms in total. The van der Waals surface area contributed by atoms with Crippen molar-refractivity contribution in [1.29, 1.82) is 0 Å². The minimum absolute atomic E-state index is 0.00851. The Labute approximate surface area is 127 Å². The Kier molecular flexibility index (Phi) is 4.46. The van der Waals surface area contributed by atoms with Gasteiger partial charge in [0, 0.05) is 4.88 Å². The van der Waals surface area contributed by atoms with Crippen molar-refractivity contribution >= 4 is 27.3 Å². The molecule has 0 fully saturated rings. The molecule has 2 aromatic rings. The van der Waals surface area contributed by atoms with E-state index >= 15 is 0 Å². The number of carbonyl (C=O) groups is 1. The van der Waals surface area contributed by atoms with E-state index in [0.717, 1.165) is 4.88 Å². The monoisotopic (exact) mass is 325 g/mol. The molecule has 7 heteroatoms. The summed E-state index contributed by atoms with van der Waals surface area (Å²) in [5.74, 6) is -1.14. The van der Waals surface area contributed by atoms with E-state index in [1.807, 2.05) is 17.5 Å². The highest BCUT2D eigenvalue weighted by molar-refractivity contribution is 7.89. The number of carboxylic acid groups (broad SMARTS) is 1. The van der Waals surface area contributed by atoms with Gasteiger partial charge in [0.1, 0.15) is 0 Å². The molecule has 0 saturated heterocycles. The lowest BCUT2D eigenvalue weighted by Gasteiger charge is -2.15. The molecule has 0 spiro atoms. The first-order chi connectivity index (χ1) is 9.83. The minimum Gasteiger partial charge on any atom is -0.478 e. The number of carboxylic acids is 1. The van der Waals surface area contributed by atoms with Gasteiger partial charge in [-0.3, -0.25) is 0 Å². The quantitative estimate of drug-likeness (QED) is 0.885. The standard InChI is InChI=1S/C14H15NO4S2/c1-9-11(14(16)17)5-3-7-13(9)21(18,19)15-10(2)12-6-4-8-20-12/h3-8,10,15H,1-2H3,(H,16,17)/t10-/m1/s1. The average molecular weight is 325 g/mol. The van der Waals surface area contributed by atoms with Gasteiger partial charge >= 0.3 is 5.97 Å². The normalized spacial score (nSPS) is 13.0. The van der Waals surface area contributed by atoms with Crippen molar-refractivity contribution in [2.45, 2.75) is 24.8 Å². The lowest BCUT2D eigenvalue weighted by Crippen LogP contribution is -2.27. The van der Waals surface area contributed by atoms with Crippen LogP contribution in [0.5, 0.6) is 0 Å². The van der Waals surface area contributed by atoms with E-state index in [2.05, 4.69) is 4.72 Å². The van der Waals surface area contributed by atoms with Gasteiger partial charge in [-0.05, 0) is 43.0 Å². The Hall–Kier alpha value is -1.70. The van der Waals surface area contributed by atoms with Gasteiger partial charge in [-0.15, -0.1) is 11.3 Å². The summed E-state index contributed by atoms with van der Waals surface area (Å²) in [6.45, 7) is 3.24. The Morgan fingerprint density at radius 2 is 2.00 bits per heavy atom. The molecule has 1 atom stereocenters. The second-order valence-corrected chi connectivity index (χ2v) is 7.25. The smallest absolute Gasteiger partial charge is 0.335 e. The topological polar surface area (TPSA) is 83.5 Å². The van der Waals surface area contributed by atoms with Gasteiger partial charge in [0.25, 0.3) is 0 Å². The van der Waals surface area contributed by atoms with Crippen LogP contribution in [0.15, 0.2) is 40.6 Å². The summed E-state index contributed by atoms with van der Waals surface area (Å²) < 4.78 is 27.4. The minimum atomic E-state index is -3.78. The molecule has 0 aliphatic rings. The molecule has 0 amide bonds. The van der Waals surface area contributed by atoms with Gasteiger partial charge in [0.15, 0.2) is 0 Å². The number of aromatic carboxylic acids is 1. The maximum atomic E-state index is 12.4. The highest BCUT2D eigenvalue weighted by Gasteiger charge is 2.23. The Morgan fingerprint density at radius 3 is 2.57 bits per heavy atom. The molecule has 0 aliphatic heterocycles. The third-order valence-electron chi connectivity index (χ3n) is 3.11. The molecule has 112 valence electrons. The van der Waals surface area contributed by atoms with Crippen LogP contribution in [0.3, 0.4) is 0 Å². The van der Waals surface area contributed by atoms with Gasteiger partial charge in [-0.25, -0.2) is 17.9 Å². The fraction of sp³-hybridized carbons (Fsp3) is 0.214. The zero-order valence-electron chi connectivity index (χ0n) is 11.5. The molecular weight excluding hydrogens is 310 g/mol. The van der Waals surface area contributed by atoms with Crippen molar-refractivity contribution in [1.82, 2.24) is 4.72 Å². The summed E-state index contributed by atoms with van der Waals surface area (Å²) in [6.07, 6.45) is 0. The Morgan fingerprint density at radius 1 is 1.29 bits per heavy atom. The zero-order chi connectivity index (χ0) is 15.6. The zero-order valence-corrected chi connectivity index (χ0v) is 13.2. The van der Waals surface area contributed by atoms with E-state index in [4.69, 9.17) is 5.11 Å². The number of hydrogen-bond donors (Lipinski definition) is 2. The van der Waals surface area contributed by atoms with Crippen LogP contribution in [0.1, 0.15) is 33.8 Å². The first kappa shape index (κ1) is 15.7.